The third-order valence-electron chi connectivity index (χ3n) is 6.23. The molecule has 1 N–H and O–H groups in total. The lowest BCUT2D eigenvalue weighted by molar-refractivity contribution is 0.0489. The summed E-state index contributed by atoms with van der Waals surface area (Å²) < 4.78 is 11.2. The van der Waals surface area contributed by atoms with Crippen LogP contribution in [0.1, 0.15) is 58.4 Å². The fourth-order valence-corrected chi connectivity index (χ4v) is 4.56. The summed E-state index contributed by atoms with van der Waals surface area (Å²) in [4.78, 5) is 15.0. The number of rotatable bonds is 5. The monoisotopic (exact) mass is 374 g/mol. The maximum atomic E-state index is 12.9. The number of hydrogen-bond acceptors (Lipinski definition) is 3. The molecule has 0 bridgehead atoms. The molecule has 2 heterocycles. The van der Waals surface area contributed by atoms with Gasteiger partial charge in [-0.15, -0.1) is 0 Å². The van der Waals surface area contributed by atoms with Crippen molar-refractivity contribution in [3.05, 3.63) is 29.8 Å². The number of carbonyl (C=O) groups is 1. The van der Waals surface area contributed by atoms with Crippen molar-refractivity contribution >= 4 is 6.03 Å². The van der Waals surface area contributed by atoms with Gasteiger partial charge in [-0.3, -0.25) is 0 Å². The summed E-state index contributed by atoms with van der Waals surface area (Å²) >= 11 is 0. The molecule has 1 aromatic rings. The largest absolute Gasteiger partial charge is 0.494 e. The molecular formula is C22H34N2O3. The summed E-state index contributed by atoms with van der Waals surface area (Å²) in [6.45, 7) is 9.10. The molecule has 0 aromatic heterocycles. The van der Waals surface area contributed by atoms with E-state index in [4.69, 9.17) is 9.47 Å². The minimum Gasteiger partial charge on any atom is -0.494 e. The molecule has 0 aliphatic carbocycles. The van der Waals surface area contributed by atoms with E-state index in [2.05, 4.69) is 31.3 Å². The minimum absolute atomic E-state index is 0.0685. The Morgan fingerprint density at radius 3 is 2.41 bits per heavy atom. The van der Waals surface area contributed by atoms with E-state index in [-0.39, 0.29) is 11.4 Å². The van der Waals surface area contributed by atoms with Gasteiger partial charge in [0.15, 0.2) is 0 Å². The zero-order valence-electron chi connectivity index (χ0n) is 17.0. The molecule has 2 amide bonds. The Morgan fingerprint density at radius 1 is 1.19 bits per heavy atom. The second-order valence-corrected chi connectivity index (χ2v) is 8.05. The molecule has 2 fully saturated rings. The smallest absolute Gasteiger partial charge is 0.317 e. The van der Waals surface area contributed by atoms with Crippen LogP contribution in [0.5, 0.6) is 5.75 Å². The Balaban J connectivity index is 1.72. The first-order valence-corrected chi connectivity index (χ1v) is 10.4. The predicted octanol–water partition coefficient (Wildman–Crippen LogP) is 4.11. The van der Waals surface area contributed by atoms with Crippen LogP contribution in [0, 0.1) is 0 Å². The van der Waals surface area contributed by atoms with E-state index in [1.165, 1.54) is 12.0 Å². The number of hydrogen-bond donors (Lipinski definition) is 1. The number of carbonyl (C=O) groups excluding carboxylic acids is 1. The van der Waals surface area contributed by atoms with Gasteiger partial charge in [-0.05, 0) is 70.6 Å². The number of benzene rings is 1. The molecule has 3 rings (SSSR count). The van der Waals surface area contributed by atoms with Crippen LogP contribution in [-0.2, 0) is 10.2 Å². The van der Waals surface area contributed by atoms with Crippen molar-refractivity contribution in [2.45, 2.75) is 70.4 Å². The Labute approximate surface area is 163 Å². The van der Waals surface area contributed by atoms with Crippen LogP contribution < -0.4 is 10.1 Å². The molecule has 0 saturated carbocycles. The van der Waals surface area contributed by atoms with Crippen molar-refractivity contribution in [2.75, 3.05) is 26.4 Å². The van der Waals surface area contributed by atoms with Gasteiger partial charge in [0.05, 0.1) is 6.61 Å². The van der Waals surface area contributed by atoms with Crippen molar-refractivity contribution in [3.63, 3.8) is 0 Å². The molecular weight excluding hydrogens is 340 g/mol. The van der Waals surface area contributed by atoms with E-state index >= 15 is 0 Å². The van der Waals surface area contributed by atoms with Gasteiger partial charge in [0, 0.05) is 37.3 Å². The first kappa shape index (κ1) is 20.0. The molecule has 2 aliphatic rings. The standard InChI is InChI=1S/C22H34N2O3/c1-4-27-20-10-8-19(9-11-20)22(12-14-26-15-13-22)16-23-21(25)24-17(2)6-5-7-18(24)3/h8-11,17-18H,4-7,12-16H2,1-3H3,(H,23,25). The summed E-state index contributed by atoms with van der Waals surface area (Å²) in [5, 5.41) is 3.26. The number of nitrogens with zero attached hydrogens (tertiary/aromatic N) is 1. The van der Waals surface area contributed by atoms with Crippen LogP contribution in [0.25, 0.3) is 0 Å². The lowest BCUT2D eigenvalue weighted by atomic mass is 9.74. The molecule has 150 valence electrons. The van der Waals surface area contributed by atoms with Gasteiger partial charge in [0.25, 0.3) is 0 Å². The Morgan fingerprint density at radius 2 is 1.81 bits per heavy atom. The van der Waals surface area contributed by atoms with E-state index < -0.39 is 0 Å². The lowest BCUT2D eigenvalue weighted by Gasteiger charge is -2.41. The summed E-state index contributed by atoms with van der Waals surface area (Å²) in [6.07, 6.45) is 5.24. The molecule has 2 atom stereocenters. The van der Waals surface area contributed by atoms with Crippen LogP contribution in [0.4, 0.5) is 4.79 Å². The van der Waals surface area contributed by atoms with E-state index in [9.17, 15) is 4.79 Å². The third-order valence-corrected chi connectivity index (χ3v) is 6.23. The van der Waals surface area contributed by atoms with Gasteiger partial charge in [-0.2, -0.15) is 0 Å². The van der Waals surface area contributed by atoms with Crippen LogP contribution >= 0.6 is 0 Å². The Bertz CT molecular complexity index is 600. The van der Waals surface area contributed by atoms with Gasteiger partial charge in [-0.25, -0.2) is 4.79 Å². The SMILES string of the molecule is CCOc1ccc(C2(CNC(=O)N3C(C)CCCC3C)CCOCC2)cc1. The van der Waals surface area contributed by atoms with Gasteiger partial charge < -0.3 is 19.7 Å². The van der Waals surface area contributed by atoms with Gasteiger partial charge in [0.1, 0.15) is 5.75 Å². The fraction of sp³-hybridized carbons (Fsp3) is 0.682. The van der Waals surface area contributed by atoms with Crippen LogP contribution in [0.2, 0.25) is 0 Å². The van der Waals surface area contributed by atoms with E-state index in [1.807, 2.05) is 24.0 Å². The molecule has 27 heavy (non-hydrogen) atoms. The van der Waals surface area contributed by atoms with Crippen molar-refractivity contribution in [2.24, 2.45) is 0 Å². The highest BCUT2D eigenvalue weighted by atomic mass is 16.5. The van der Waals surface area contributed by atoms with Crippen LogP contribution in [0.15, 0.2) is 24.3 Å². The average Bonchev–Trinajstić information content (AvgIpc) is 2.68. The summed E-state index contributed by atoms with van der Waals surface area (Å²) in [5.41, 5.74) is 1.19. The van der Waals surface area contributed by atoms with Crippen molar-refractivity contribution in [3.8, 4) is 5.75 Å². The highest BCUT2D eigenvalue weighted by Gasteiger charge is 2.36. The second-order valence-electron chi connectivity index (χ2n) is 8.05. The Hall–Kier alpha value is -1.75. The van der Waals surface area contributed by atoms with E-state index in [0.29, 0.717) is 25.2 Å². The first-order valence-electron chi connectivity index (χ1n) is 10.4. The quantitative estimate of drug-likeness (QED) is 0.844. The minimum atomic E-state index is -0.0685. The van der Waals surface area contributed by atoms with Crippen LogP contribution in [0.3, 0.4) is 0 Å². The second kappa shape index (κ2) is 8.96. The van der Waals surface area contributed by atoms with Gasteiger partial charge >= 0.3 is 6.03 Å². The number of ether oxygens (including phenoxy) is 2. The van der Waals surface area contributed by atoms with Crippen molar-refractivity contribution in [1.29, 1.82) is 0 Å². The molecule has 5 nitrogen and oxygen atoms in total. The van der Waals surface area contributed by atoms with Crippen molar-refractivity contribution < 1.29 is 14.3 Å². The Kier molecular flexibility index (Phi) is 6.64. The zero-order valence-corrected chi connectivity index (χ0v) is 17.0. The predicted molar refractivity (Wildman–Crippen MR) is 107 cm³/mol. The average molecular weight is 375 g/mol. The van der Waals surface area contributed by atoms with Crippen molar-refractivity contribution in [1.82, 2.24) is 10.2 Å². The lowest BCUT2D eigenvalue weighted by Crippen LogP contribution is -2.54. The summed E-state index contributed by atoms with van der Waals surface area (Å²) in [5.74, 6) is 0.892. The molecule has 2 saturated heterocycles. The number of nitrogens with one attached hydrogen (secondary N) is 1. The molecule has 2 aliphatic heterocycles. The number of amides is 2. The maximum absolute atomic E-state index is 12.9. The topological polar surface area (TPSA) is 50.8 Å². The van der Waals surface area contributed by atoms with Crippen LogP contribution in [-0.4, -0.2) is 49.4 Å². The molecule has 1 aromatic carbocycles. The fourth-order valence-electron chi connectivity index (χ4n) is 4.56. The molecule has 0 radical (unpaired) electrons. The summed E-state index contributed by atoms with van der Waals surface area (Å²) in [6, 6.07) is 9.06. The first-order chi connectivity index (χ1) is 13.1. The number of likely N-dealkylation sites (tertiary alicyclic amines) is 1. The maximum Gasteiger partial charge on any atom is 0.317 e. The molecule has 2 unspecified atom stereocenters. The third kappa shape index (κ3) is 4.57. The van der Waals surface area contributed by atoms with E-state index in [1.54, 1.807) is 0 Å². The summed E-state index contributed by atoms with van der Waals surface area (Å²) in [7, 11) is 0. The van der Waals surface area contributed by atoms with E-state index in [0.717, 1.165) is 44.6 Å². The van der Waals surface area contributed by atoms with Gasteiger partial charge in [0.2, 0.25) is 0 Å². The molecule has 5 heteroatoms. The molecule has 0 spiro atoms. The number of piperidine rings is 1. The zero-order chi connectivity index (χ0) is 19.3. The number of urea groups is 1. The highest BCUT2D eigenvalue weighted by molar-refractivity contribution is 5.75. The normalized spacial score (nSPS) is 25.1. The van der Waals surface area contributed by atoms with Gasteiger partial charge in [-0.1, -0.05) is 12.1 Å². The highest BCUT2D eigenvalue weighted by Crippen LogP contribution is 2.35.